The van der Waals surface area contributed by atoms with Crippen LogP contribution in [0.2, 0.25) is 0 Å². The van der Waals surface area contributed by atoms with Crippen molar-refractivity contribution in [2.75, 3.05) is 36.4 Å². The first-order chi connectivity index (χ1) is 12.5. The Kier molecular flexibility index (Phi) is 6.27. The molecule has 6 heteroatoms. The average Bonchev–Trinajstić information content (AvgIpc) is 2.90. The molecule has 2 aromatic rings. The minimum atomic E-state index is -0.220. The van der Waals surface area contributed by atoms with Gasteiger partial charge in [-0.3, -0.25) is 9.69 Å². The highest BCUT2D eigenvalue weighted by Gasteiger charge is 2.24. The van der Waals surface area contributed by atoms with Crippen molar-refractivity contribution in [1.29, 1.82) is 0 Å². The van der Waals surface area contributed by atoms with Crippen molar-refractivity contribution in [3.8, 4) is 0 Å². The lowest BCUT2D eigenvalue weighted by Gasteiger charge is -2.27. The number of anilines is 2. The van der Waals surface area contributed by atoms with Crippen LogP contribution >= 0.6 is 15.9 Å². The van der Waals surface area contributed by atoms with Crippen LogP contribution < -0.4 is 10.2 Å². The molecule has 4 nitrogen and oxygen atoms in total. The van der Waals surface area contributed by atoms with Crippen LogP contribution in [0.15, 0.2) is 53.0 Å². The SMILES string of the molecule is CC(C(=O)Nc1ccccc1Br)N1CCCN(c2ccc(F)cc2)CC1. The van der Waals surface area contributed by atoms with Crippen LogP contribution in [0.1, 0.15) is 13.3 Å². The monoisotopic (exact) mass is 419 g/mol. The highest BCUT2D eigenvalue weighted by Crippen LogP contribution is 2.22. The minimum Gasteiger partial charge on any atom is -0.370 e. The quantitative estimate of drug-likeness (QED) is 0.808. The van der Waals surface area contributed by atoms with Gasteiger partial charge in [-0.15, -0.1) is 0 Å². The Bertz CT molecular complexity index is 753. The molecule has 0 aliphatic carbocycles. The van der Waals surface area contributed by atoms with E-state index in [-0.39, 0.29) is 17.8 Å². The number of halogens is 2. The van der Waals surface area contributed by atoms with Crippen molar-refractivity contribution in [2.45, 2.75) is 19.4 Å². The van der Waals surface area contributed by atoms with Crippen LogP contribution in [-0.2, 0) is 4.79 Å². The molecule has 0 spiro atoms. The van der Waals surface area contributed by atoms with E-state index in [2.05, 4.69) is 31.0 Å². The van der Waals surface area contributed by atoms with Gasteiger partial charge in [0.25, 0.3) is 0 Å². The van der Waals surface area contributed by atoms with Gasteiger partial charge in [-0.25, -0.2) is 4.39 Å². The summed E-state index contributed by atoms with van der Waals surface area (Å²) in [6, 6.07) is 14.0. The molecule has 1 unspecified atom stereocenters. The Hall–Kier alpha value is -1.92. The molecule has 1 N–H and O–H groups in total. The second kappa shape index (κ2) is 8.64. The van der Waals surface area contributed by atoms with Crippen LogP contribution in [0.5, 0.6) is 0 Å². The molecular formula is C20H23BrFN3O. The number of para-hydroxylation sites is 1. The fourth-order valence-corrected chi connectivity index (χ4v) is 3.58. The van der Waals surface area contributed by atoms with Crippen molar-refractivity contribution >= 4 is 33.2 Å². The summed E-state index contributed by atoms with van der Waals surface area (Å²) in [6.45, 7) is 5.32. The maximum absolute atomic E-state index is 13.1. The predicted molar refractivity (Wildman–Crippen MR) is 107 cm³/mol. The van der Waals surface area contributed by atoms with Gasteiger partial charge in [0.05, 0.1) is 11.7 Å². The zero-order valence-electron chi connectivity index (χ0n) is 14.8. The lowest BCUT2D eigenvalue weighted by molar-refractivity contribution is -0.120. The Morgan fingerprint density at radius 2 is 1.81 bits per heavy atom. The molecule has 2 aromatic carbocycles. The first-order valence-electron chi connectivity index (χ1n) is 8.84. The normalized spacial score (nSPS) is 16.8. The Labute approximate surface area is 162 Å². The molecule has 0 radical (unpaired) electrons. The Balaban J connectivity index is 1.60. The summed E-state index contributed by atoms with van der Waals surface area (Å²) in [5.41, 5.74) is 1.81. The molecule has 1 aliphatic rings. The Morgan fingerprint density at radius 1 is 1.08 bits per heavy atom. The fraction of sp³-hybridized carbons (Fsp3) is 0.350. The number of nitrogens with one attached hydrogen (secondary N) is 1. The molecule has 1 atom stereocenters. The minimum absolute atomic E-state index is 0.00729. The van der Waals surface area contributed by atoms with Gasteiger partial charge in [0.2, 0.25) is 5.91 Å². The van der Waals surface area contributed by atoms with Gasteiger partial charge in [0, 0.05) is 36.3 Å². The smallest absolute Gasteiger partial charge is 0.241 e. The highest BCUT2D eigenvalue weighted by atomic mass is 79.9. The van der Waals surface area contributed by atoms with Crippen molar-refractivity contribution in [2.24, 2.45) is 0 Å². The van der Waals surface area contributed by atoms with Gasteiger partial charge in [-0.2, -0.15) is 0 Å². The molecule has 0 aromatic heterocycles. The molecule has 3 rings (SSSR count). The second-order valence-electron chi connectivity index (χ2n) is 6.50. The summed E-state index contributed by atoms with van der Waals surface area (Å²) in [4.78, 5) is 17.1. The molecule has 1 aliphatic heterocycles. The summed E-state index contributed by atoms with van der Waals surface area (Å²) < 4.78 is 14.0. The van der Waals surface area contributed by atoms with Crippen LogP contribution in [0.25, 0.3) is 0 Å². The first kappa shape index (κ1) is 18.9. The van der Waals surface area contributed by atoms with E-state index < -0.39 is 0 Å². The summed E-state index contributed by atoms with van der Waals surface area (Å²) in [6.07, 6.45) is 0.962. The maximum Gasteiger partial charge on any atom is 0.241 e. The third-order valence-corrected chi connectivity index (χ3v) is 5.47. The van der Waals surface area contributed by atoms with Crippen LogP contribution in [0.4, 0.5) is 15.8 Å². The third kappa shape index (κ3) is 4.62. The number of amides is 1. The summed E-state index contributed by atoms with van der Waals surface area (Å²) >= 11 is 3.46. The largest absolute Gasteiger partial charge is 0.370 e. The predicted octanol–water partition coefficient (Wildman–Crippen LogP) is 4.13. The van der Waals surface area contributed by atoms with E-state index in [1.807, 2.05) is 43.3 Å². The summed E-state index contributed by atoms with van der Waals surface area (Å²) in [5, 5.41) is 2.99. The molecule has 1 saturated heterocycles. The standard InChI is InChI=1S/C20H23BrFN3O/c1-15(20(26)23-19-6-3-2-5-18(19)21)24-11-4-12-25(14-13-24)17-9-7-16(22)8-10-17/h2-3,5-10,15H,4,11-14H2,1H3,(H,23,26). The van der Waals surface area contributed by atoms with Gasteiger partial charge < -0.3 is 10.2 Å². The van der Waals surface area contributed by atoms with Gasteiger partial charge >= 0.3 is 0 Å². The summed E-state index contributed by atoms with van der Waals surface area (Å²) in [5.74, 6) is -0.227. The molecule has 0 bridgehead atoms. The lowest BCUT2D eigenvalue weighted by Crippen LogP contribution is -2.44. The second-order valence-corrected chi connectivity index (χ2v) is 7.35. The van der Waals surface area contributed by atoms with Gasteiger partial charge in [-0.1, -0.05) is 12.1 Å². The number of benzene rings is 2. The van der Waals surface area contributed by atoms with Crippen LogP contribution in [0.3, 0.4) is 0 Å². The number of nitrogens with zero attached hydrogens (tertiary/aromatic N) is 2. The van der Waals surface area contributed by atoms with E-state index in [9.17, 15) is 9.18 Å². The average molecular weight is 420 g/mol. The van der Waals surface area contributed by atoms with E-state index in [0.29, 0.717) is 0 Å². The number of rotatable bonds is 4. The van der Waals surface area contributed by atoms with Gasteiger partial charge in [0.1, 0.15) is 5.82 Å². The molecule has 1 heterocycles. The number of hydrogen-bond acceptors (Lipinski definition) is 3. The first-order valence-corrected chi connectivity index (χ1v) is 9.64. The third-order valence-electron chi connectivity index (χ3n) is 4.78. The fourth-order valence-electron chi connectivity index (χ4n) is 3.20. The molecular weight excluding hydrogens is 397 g/mol. The van der Waals surface area contributed by atoms with Crippen molar-refractivity contribution in [3.05, 3.63) is 58.8 Å². The molecule has 1 fully saturated rings. The van der Waals surface area contributed by atoms with Gasteiger partial charge in [0.15, 0.2) is 0 Å². The van der Waals surface area contributed by atoms with E-state index >= 15 is 0 Å². The molecule has 138 valence electrons. The van der Waals surface area contributed by atoms with Crippen molar-refractivity contribution in [1.82, 2.24) is 4.90 Å². The van der Waals surface area contributed by atoms with Crippen molar-refractivity contribution < 1.29 is 9.18 Å². The van der Waals surface area contributed by atoms with E-state index in [1.165, 1.54) is 12.1 Å². The molecule has 1 amide bonds. The number of carbonyl (C=O) groups excluding carboxylic acids is 1. The molecule has 0 saturated carbocycles. The molecule has 26 heavy (non-hydrogen) atoms. The number of carbonyl (C=O) groups is 1. The van der Waals surface area contributed by atoms with Crippen LogP contribution in [-0.4, -0.2) is 43.0 Å². The van der Waals surface area contributed by atoms with E-state index in [1.54, 1.807) is 0 Å². The van der Waals surface area contributed by atoms with Crippen LogP contribution in [0, 0.1) is 5.82 Å². The summed E-state index contributed by atoms with van der Waals surface area (Å²) in [7, 11) is 0. The van der Waals surface area contributed by atoms with E-state index in [4.69, 9.17) is 0 Å². The zero-order valence-corrected chi connectivity index (χ0v) is 16.4. The van der Waals surface area contributed by atoms with Gasteiger partial charge in [-0.05, 0) is 65.7 Å². The van der Waals surface area contributed by atoms with Crippen molar-refractivity contribution in [3.63, 3.8) is 0 Å². The maximum atomic E-state index is 13.1. The highest BCUT2D eigenvalue weighted by molar-refractivity contribution is 9.10. The van der Waals surface area contributed by atoms with E-state index in [0.717, 1.165) is 48.4 Å². The number of hydrogen-bond donors (Lipinski definition) is 1. The Morgan fingerprint density at radius 3 is 2.54 bits per heavy atom. The topological polar surface area (TPSA) is 35.6 Å². The lowest BCUT2D eigenvalue weighted by atomic mass is 10.2. The zero-order chi connectivity index (χ0) is 18.5.